The maximum Gasteiger partial charge on any atom is 0.416 e. The zero-order valence-corrected chi connectivity index (χ0v) is 13.2. The molecule has 0 aliphatic heterocycles. The van der Waals surface area contributed by atoms with Crippen LogP contribution >= 0.6 is 0 Å². The number of pyridine rings is 1. The van der Waals surface area contributed by atoms with Crippen LogP contribution in [0.5, 0.6) is 0 Å². The maximum absolute atomic E-state index is 12.6. The summed E-state index contributed by atoms with van der Waals surface area (Å²) in [5.74, 6) is -0.00897. The Labute approximate surface area is 141 Å². The van der Waals surface area contributed by atoms with Gasteiger partial charge in [0, 0.05) is 12.3 Å². The molecule has 0 radical (unpaired) electrons. The van der Waals surface area contributed by atoms with Crippen LogP contribution in [0, 0.1) is 10.1 Å². The van der Waals surface area contributed by atoms with Gasteiger partial charge < -0.3 is 10.4 Å². The highest BCUT2D eigenvalue weighted by molar-refractivity contribution is 5.55. The van der Waals surface area contributed by atoms with Gasteiger partial charge in [-0.2, -0.15) is 13.2 Å². The molecule has 0 bridgehead atoms. The highest BCUT2D eigenvalue weighted by atomic mass is 19.4. The Morgan fingerprint density at radius 3 is 2.44 bits per heavy atom. The summed E-state index contributed by atoms with van der Waals surface area (Å²) in [6.45, 7) is 1.74. The number of hydrogen-bond acceptors (Lipinski definition) is 5. The standard InChI is InChI=1S/C16H16F3N3O3/c1-2-12(21-15-13(22(24)25)4-3-9-20-15)14(23)10-5-7-11(8-6-10)16(17,18)19/h3-9,12,14,23H,2H2,1H3,(H,20,21). The summed E-state index contributed by atoms with van der Waals surface area (Å²) in [7, 11) is 0. The number of aliphatic hydroxyl groups excluding tert-OH is 1. The summed E-state index contributed by atoms with van der Waals surface area (Å²) < 4.78 is 37.8. The van der Waals surface area contributed by atoms with E-state index in [0.717, 1.165) is 12.1 Å². The number of rotatable bonds is 6. The molecule has 2 N–H and O–H groups in total. The lowest BCUT2D eigenvalue weighted by Gasteiger charge is -2.24. The van der Waals surface area contributed by atoms with Crippen molar-refractivity contribution in [3.63, 3.8) is 0 Å². The van der Waals surface area contributed by atoms with Crippen LogP contribution in [0.3, 0.4) is 0 Å². The van der Waals surface area contributed by atoms with E-state index in [1.165, 1.54) is 30.5 Å². The smallest absolute Gasteiger partial charge is 0.386 e. The molecule has 9 heteroatoms. The van der Waals surface area contributed by atoms with Gasteiger partial charge in [-0.3, -0.25) is 10.1 Å². The first-order chi connectivity index (χ1) is 11.7. The van der Waals surface area contributed by atoms with Crippen molar-refractivity contribution in [1.29, 1.82) is 0 Å². The molecule has 2 aromatic rings. The van der Waals surface area contributed by atoms with Crippen molar-refractivity contribution in [1.82, 2.24) is 4.98 Å². The van der Waals surface area contributed by atoms with Crippen molar-refractivity contribution in [2.24, 2.45) is 0 Å². The molecule has 0 aliphatic carbocycles. The van der Waals surface area contributed by atoms with E-state index in [2.05, 4.69) is 10.3 Å². The van der Waals surface area contributed by atoms with Crippen molar-refractivity contribution in [2.75, 3.05) is 5.32 Å². The number of nitrogens with one attached hydrogen (secondary N) is 1. The van der Waals surface area contributed by atoms with E-state index >= 15 is 0 Å². The third kappa shape index (κ3) is 4.44. The fraction of sp³-hybridized carbons (Fsp3) is 0.312. The monoisotopic (exact) mass is 355 g/mol. The largest absolute Gasteiger partial charge is 0.416 e. The zero-order chi connectivity index (χ0) is 18.6. The van der Waals surface area contributed by atoms with Gasteiger partial charge in [0.15, 0.2) is 0 Å². The van der Waals surface area contributed by atoms with Crippen LogP contribution < -0.4 is 5.32 Å². The number of aromatic nitrogens is 1. The van der Waals surface area contributed by atoms with Gasteiger partial charge in [0.1, 0.15) is 0 Å². The van der Waals surface area contributed by atoms with Crippen LogP contribution in [-0.4, -0.2) is 21.1 Å². The van der Waals surface area contributed by atoms with E-state index in [1.54, 1.807) is 6.92 Å². The van der Waals surface area contributed by atoms with Crippen LogP contribution in [0.15, 0.2) is 42.6 Å². The van der Waals surface area contributed by atoms with Crippen molar-refractivity contribution in [3.05, 3.63) is 63.8 Å². The number of alkyl halides is 3. The van der Waals surface area contributed by atoms with Crippen molar-refractivity contribution >= 4 is 11.5 Å². The summed E-state index contributed by atoms with van der Waals surface area (Å²) in [6, 6.07) is 6.16. The molecule has 0 spiro atoms. The molecule has 1 aromatic heterocycles. The average Bonchev–Trinajstić information content (AvgIpc) is 2.58. The Balaban J connectivity index is 2.22. The summed E-state index contributed by atoms with van der Waals surface area (Å²) in [5, 5.41) is 24.2. The molecule has 0 amide bonds. The Bertz CT molecular complexity index is 735. The van der Waals surface area contributed by atoms with E-state index < -0.39 is 28.8 Å². The van der Waals surface area contributed by atoms with Crippen LogP contribution in [0.2, 0.25) is 0 Å². The van der Waals surface area contributed by atoms with Gasteiger partial charge in [0.25, 0.3) is 0 Å². The summed E-state index contributed by atoms with van der Waals surface area (Å²) in [5.41, 5.74) is -0.795. The molecule has 1 aromatic carbocycles. The topological polar surface area (TPSA) is 88.3 Å². The molecule has 2 atom stereocenters. The minimum absolute atomic E-state index is 0.00897. The average molecular weight is 355 g/mol. The molecule has 134 valence electrons. The van der Waals surface area contributed by atoms with Gasteiger partial charge in [-0.15, -0.1) is 0 Å². The normalized spacial score (nSPS) is 14.0. The number of hydrogen-bond donors (Lipinski definition) is 2. The Morgan fingerprint density at radius 1 is 1.28 bits per heavy atom. The molecule has 1 heterocycles. The lowest BCUT2D eigenvalue weighted by atomic mass is 9.99. The number of halogens is 3. The third-order valence-corrected chi connectivity index (χ3v) is 3.71. The molecule has 0 fully saturated rings. The predicted octanol–water partition coefficient (Wildman–Crippen LogP) is 3.93. The molecular weight excluding hydrogens is 339 g/mol. The van der Waals surface area contributed by atoms with E-state index in [-0.39, 0.29) is 17.1 Å². The number of nitro groups is 1. The van der Waals surface area contributed by atoms with Gasteiger partial charge in [0.05, 0.1) is 22.6 Å². The fourth-order valence-corrected chi connectivity index (χ4v) is 2.34. The molecule has 25 heavy (non-hydrogen) atoms. The Kier molecular flexibility index (Phi) is 5.58. The van der Waals surface area contributed by atoms with Crippen LogP contribution in [0.25, 0.3) is 0 Å². The Hall–Kier alpha value is -2.68. The summed E-state index contributed by atoms with van der Waals surface area (Å²) >= 11 is 0. The van der Waals surface area contributed by atoms with E-state index in [1.807, 2.05) is 0 Å². The van der Waals surface area contributed by atoms with E-state index in [0.29, 0.717) is 6.42 Å². The second kappa shape index (κ2) is 7.47. The zero-order valence-electron chi connectivity index (χ0n) is 13.2. The number of nitrogens with zero attached hydrogens (tertiary/aromatic N) is 2. The number of benzene rings is 1. The third-order valence-electron chi connectivity index (χ3n) is 3.71. The minimum atomic E-state index is -4.46. The van der Waals surface area contributed by atoms with Crippen molar-refractivity contribution in [3.8, 4) is 0 Å². The number of anilines is 1. The fourth-order valence-electron chi connectivity index (χ4n) is 2.34. The van der Waals surface area contributed by atoms with Crippen LogP contribution in [0.1, 0.15) is 30.6 Å². The first kappa shape index (κ1) is 18.7. The first-order valence-electron chi connectivity index (χ1n) is 7.45. The van der Waals surface area contributed by atoms with Crippen molar-refractivity contribution < 1.29 is 23.2 Å². The van der Waals surface area contributed by atoms with Gasteiger partial charge in [0.2, 0.25) is 5.82 Å². The SMILES string of the molecule is CCC(Nc1ncccc1[N+](=O)[O-])C(O)c1ccc(C(F)(F)F)cc1. The molecule has 0 saturated carbocycles. The molecule has 0 saturated heterocycles. The second-order valence-corrected chi connectivity index (χ2v) is 5.35. The maximum atomic E-state index is 12.6. The molecule has 6 nitrogen and oxygen atoms in total. The first-order valence-corrected chi connectivity index (χ1v) is 7.45. The Morgan fingerprint density at radius 2 is 1.92 bits per heavy atom. The highest BCUT2D eigenvalue weighted by Gasteiger charge is 2.31. The van der Waals surface area contributed by atoms with Crippen molar-refractivity contribution in [2.45, 2.75) is 31.7 Å². The van der Waals surface area contributed by atoms with Gasteiger partial charge in [-0.25, -0.2) is 4.98 Å². The van der Waals surface area contributed by atoms with Crippen LogP contribution in [0.4, 0.5) is 24.7 Å². The molecular formula is C16H16F3N3O3. The highest BCUT2D eigenvalue weighted by Crippen LogP contribution is 2.31. The second-order valence-electron chi connectivity index (χ2n) is 5.35. The minimum Gasteiger partial charge on any atom is -0.386 e. The lowest BCUT2D eigenvalue weighted by molar-refractivity contribution is -0.384. The van der Waals surface area contributed by atoms with E-state index in [9.17, 15) is 28.4 Å². The quantitative estimate of drug-likeness (QED) is 0.605. The van der Waals surface area contributed by atoms with Crippen LogP contribution in [-0.2, 0) is 6.18 Å². The predicted molar refractivity (Wildman–Crippen MR) is 85.0 cm³/mol. The van der Waals surface area contributed by atoms with Gasteiger partial charge in [-0.1, -0.05) is 19.1 Å². The molecule has 2 unspecified atom stereocenters. The number of aliphatic hydroxyl groups is 1. The van der Waals surface area contributed by atoms with Gasteiger partial charge in [-0.05, 0) is 30.2 Å². The molecule has 0 aliphatic rings. The van der Waals surface area contributed by atoms with E-state index in [4.69, 9.17) is 0 Å². The lowest BCUT2D eigenvalue weighted by Crippen LogP contribution is -2.27. The summed E-state index contributed by atoms with van der Waals surface area (Å²) in [6.07, 6.45) is -3.88. The molecule has 2 rings (SSSR count). The summed E-state index contributed by atoms with van der Waals surface area (Å²) in [4.78, 5) is 14.3. The van der Waals surface area contributed by atoms with Gasteiger partial charge >= 0.3 is 11.9 Å².